The second-order valence-electron chi connectivity index (χ2n) is 3.58. The molecule has 0 aromatic carbocycles. The zero-order valence-corrected chi connectivity index (χ0v) is 8.35. The summed E-state index contributed by atoms with van der Waals surface area (Å²) < 4.78 is 5.28. The van der Waals surface area contributed by atoms with Crippen LogP contribution in [0.1, 0.15) is 17.7 Å². The molecule has 0 bridgehead atoms. The SMILES string of the molecule is OCCCC1(c2cccs2)COC1. The van der Waals surface area contributed by atoms with Gasteiger partial charge >= 0.3 is 0 Å². The molecule has 1 fully saturated rings. The summed E-state index contributed by atoms with van der Waals surface area (Å²) in [4.78, 5) is 1.41. The van der Waals surface area contributed by atoms with Gasteiger partial charge in [-0.2, -0.15) is 0 Å². The van der Waals surface area contributed by atoms with E-state index < -0.39 is 0 Å². The Morgan fingerprint density at radius 3 is 2.85 bits per heavy atom. The molecule has 13 heavy (non-hydrogen) atoms. The molecule has 0 aliphatic carbocycles. The van der Waals surface area contributed by atoms with Gasteiger partial charge in [-0.3, -0.25) is 0 Å². The molecule has 0 radical (unpaired) electrons. The summed E-state index contributed by atoms with van der Waals surface area (Å²) in [5.74, 6) is 0. The lowest BCUT2D eigenvalue weighted by molar-refractivity contribution is -0.0646. The molecule has 2 heterocycles. The zero-order valence-electron chi connectivity index (χ0n) is 7.53. The maximum atomic E-state index is 8.81. The average Bonchev–Trinajstić information content (AvgIpc) is 2.56. The van der Waals surface area contributed by atoms with E-state index in [-0.39, 0.29) is 12.0 Å². The Balaban J connectivity index is 2.07. The first-order valence-corrected chi connectivity index (χ1v) is 5.48. The van der Waals surface area contributed by atoms with Crippen molar-refractivity contribution >= 4 is 11.3 Å². The molecule has 1 N–H and O–H groups in total. The molecule has 1 aromatic rings. The average molecular weight is 198 g/mol. The Bertz CT molecular complexity index is 252. The first kappa shape index (κ1) is 9.19. The molecule has 2 nitrogen and oxygen atoms in total. The Morgan fingerprint density at radius 1 is 1.54 bits per heavy atom. The Kier molecular flexibility index (Phi) is 2.67. The second kappa shape index (κ2) is 3.78. The number of hydrogen-bond donors (Lipinski definition) is 1. The quantitative estimate of drug-likeness (QED) is 0.799. The van der Waals surface area contributed by atoms with E-state index in [2.05, 4.69) is 17.5 Å². The van der Waals surface area contributed by atoms with Crippen LogP contribution < -0.4 is 0 Å². The van der Waals surface area contributed by atoms with Crippen molar-refractivity contribution in [3.05, 3.63) is 22.4 Å². The minimum atomic E-state index is 0.233. The Morgan fingerprint density at radius 2 is 2.38 bits per heavy atom. The molecule has 1 saturated heterocycles. The van der Waals surface area contributed by atoms with Gasteiger partial charge in [0.05, 0.1) is 18.6 Å². The number of aliphatic hydroxyl groups excluding tert-OH is 1. The highest BCUT2D eigenvalue weighted by Gasteiger charge is 2.40. The largest absolute Gasteiger partial charge is 0.396 e. The van der Waals surface area contributed by atoms with Gasteiger partial charge in [0.2, 0.25) is 0 Å². The van der Waals surface area contributed by atoms with E-state index in [1.54, 1.807) is 11.3 Å². The minimum absolute atomic E-state index is 0.233. The summed E-state index contributed by atoms with van der Waals surface area (Å²) in [7, 11) is 0. The summed E-state index contributed by atoms with van der Waals surface area (Å²) in [6, 6.07) is 4.25. The molecule has 1 aromatic heterocycles. The molecule has 3 heteroatoms. The highest BCUT2D eigenvalue weighted by Crippen LogP contribution is 2.39. The summed E-state index contributed by atoms with van der Waals surface area (Å²) in [6.45, 7) is 1.94. The lowest BCUT2D eigenvalue weighted by atomic mass is 9.80. The normalized spacial score (nSPS) is 19.8. The molecule has 1 aliphatic heterocycles. The smallest absolute Gasteiger partial charge is 0.0593 e. The molecular weight excluding hydrogens is 184 g/mol. The zero-order chi connectivity index (χ0) is 9.15. The highest BCUT2D eigenvalue weighted by molar-refractivity contribution is 7.10. The second-order valence-corrected chi connectivity index (χ2v) is 4.53. The third-order valence-electron chi connectivity index (χ3n) is 2.61. The fourth-order valence-corrected chi connectivity index (χ4v) is 2.69. The van der Waals surface area contributed by atoms with E-state index in [4.69, 9.17) is 9.84 Å². The van der Waals surface area contributed by atoms with Crippen LogP contribution in [0.25, 0.3) is 0 Å². The molecule has 2 rings (SSSR count). The maximum Gasteiger partial charge on any atom is 0.0593 e. The first-order valence-electron chi connectivity index (χ1n) is 4.60. The number of aliphatic hydroxyl groups is 1. The Labute approximate surface area is 82.2 Å². The van der Waals surface area contributed by atoms with Crippen molar-refractivity contribution in [3.8, 4) is 0 Å². The molecule has 1 aliphatic rings. The van der Waals surface area contributed by atoms with Crippen LogP contribution in [-0.2, 0) is 10.2 Å². The summed E-state index contributed by atoms with van der Waals surface area (Å²) in [5, 5.41) is 10.9. The van der Waals surface area contributed by atoms with Crippen LogP contribution in [0.3, 0.4) is 0 Å². The fraction of sp³-hybridized carbons (Fsp3) is 0.600. The van der Waals surface area contributed by atoms with Crippen LogP contribution in [0.2, 0.25) is 0 Å². The van der Waals surface area contributed by atoms with Gasteiger partial charge in [0.25, 0.3) is 0 Å². The van der Waals surface area contributed by atoms with Crippen LogP contribution in [0, 0.1) is 0 Å². The first-order chi connectivity index (χ1) is 6.37. The minimum Gasteiger partial charge on any atom is -0.396 e. The molecule has 0 amide bonds. The van der Waals surface area contributed by atoms with Crippen molar-refractivity contribution in [2.24, 2.45) is 0 Å². The standard InChI is InChI=1S/C10H14O2S/c11-5-2-4-10(7-12-8-10)9-3-1-6-13-9/h1,3,6,11H,2,4-5,7-8H2. The number of thiophene rings is 1. The van der Waals surface area contributed by atoms with Crippen molar-refractivity contribution in [3.63, 3.8) is 0 Å². The van der Waals surface area contributed by atoms with Crippen LogP contribution in [0.4, 0.5) is 0 Å². The molecule has 72 valence electrons. The van der Waals surface area contributed by atoms with E-state index in [1.165, 1.54) is 4.88 Å². The van der Waals surface area contributed by atoms with Gasteiger partial charge in [-0.25, -0.2) is 0 Å². The third-order valence-corrected chi connectivity index (χ3v) is 3.73. The number of ether oxygens (including phenoxy) is 1. The predicted molar refractivity (Wildman–Crippen MR) is 53.1 cm³/mol. The summed E-state index contributed by atoms with van der Waals surface area (Å²) in [6.07, 6.45) is 1.92. The fourth-order valence-electron chi connectivity index (χ4n) is 1.76. The molecular formula is C10H14O2S. The van der Waals surface area contributed by atoms with E-state index in [1.807, 2.05) is 0 Å². The van der Waals surface area contributed by atoms with E-state index >= 15 is 0 Å². The number of rotatable bonds is 4. The van der Waals surface area contributed by atoms with E-state index in [0.717, 1.165) is 26.1 Å². The van der Waals surface area contributed by atoms with Crippen LogP contribution in [0.5, 0.6) is 0 Å². The lowest BCUT2D eigenvalue weighted by Crippen LogP contribution is -2.46. The topological polar surface area (TPSA) is 29.5 Å². The van der Waals surface area contributed by atoms with Gasteiger partial charge < -0.3 is 9.84 Å². The van der Waals surface area contributed by atoms with E-state index in [0.29, 0.717) is 0 Å². The highest BCUT2D eigenvalue weighted by atomic mass is 32.1. The van der Waals surface area contributed by atoms with Crippen molar-refractivity contribution in [1.29, 1.82) is 0 Å². The maximum absolute atomic E-state index is 8.81. The van der Waals surface area contributed by atoms with Crippen molar-refractivity contribution in [2.45, 2.75) is 18.3 Å². The third kappa shape index (κ3) is 1.64. The van der Waals surface area contributed by atoms with Gasteiger partial charge in [0, 0.05) is 11.5 Å². The van der Waals surface area contributed by atoms with Crippen molar-refractivity contribution < 1.29 is 9.84 Å². The summed E-state index contributed by atoms with van der Waals surface area (Å²) >= 11 is 1.79. The van der Waals surface area contributed by atoms with Gasteiger partial charge in [-0.1, -0.05) is 6.07 Å². The summed E-state index contributed by atoms with van der Waals surface area (Å²) in [5.41, 5.74) is 0.233. The van der Waals surface area contributed by atoms with Gasteiger partial charge in [-0.05, 0) is 24.3 Å². The van der Waals surface area contributed by atoms with Crippen LogP contribution in [-0.4, -0.2) is 24.9 Å². The van der Waals surface area contributed by atoms with Crippen LogP contribution in [0.15, 0.2) is 17.5 Å². The molecule has 0 unspecified atom stereocenters. The van der Waals surface area contributed by atoms with Gasteiger partial charge in [0.1, 0.15) is 0 Å². The number of hydrogen-bond acceptors (Lipinski definition) is 3. The van der Waals surface area contributed by atoms with Crippen LogP contribution >= 0.6 is 11.3 Å². The van der Waals surface area contributed by atoms with Gasteiger partial charge in [0.15, 0.2) is 0 Å². The Hall–Kier alpha value is -0.380. The van der Waals surface area contributed by atoms with Crippen molar-refractivity contribution in [1.82, 2.24) is 0 Å². The molecule has 0 saturated carbocycles. The monoisotopic (exact) mass is 198 g/mol. The van der Waals surface area contributed by atoms with Gasteiger partial charge in [-0.15, -0.1) is 11.3 Å². The van der Waals surface area contributed by atoms with E-state index in [9.17, 15) is 0 Å². The molecule has 0 atom stereocenters. The lowest BCUT2D eigenvalue weighted by Gasteiger charge is -2.40. The van der Waals surface area contributed by atoms with Crippen molar-refractivity contribution in [2.75, 3.05) is 19.8 Å². The predicted octanol–water partition coefficient (Wildman–Crippen LogP) is 1.79. The molecule has 0 spiro atoms.